The first-order valence-corrected chi connectivity index (χ1v) is 6.76. The third-order valence-electron chi connectivity index (χ3n) is 2.53. The number of anilines is 1. The normalized spacial score (nSPS) is 10.4. The van der Waals surface area contributed by atoms with Crippen molar-refractivity contribution in [1.82, 2.24) is 0 Å². The number of halogens is 2. The van der Waals surface area contributed by atoms with Crippen LogP contribution < -0.4 is 5.32 Å². The Balaban J connectivity index is 2.01. The quantitative estimate of drug-likeness (QED) is 0.880. The van der Waals surface area contributed by atoms with Gasteiger partial charge >= 0.3 is 5.97 Å². The fourth-order valence-electron chi connectivity index (χ4n) is 1.65. The van der Waals surface area contributed by atoms with Gasteiger partial charge in [-0.15, -0.1) is 11.3 Å². The molecule has 0 aliphatic rings. The topological polar surface area (TPSA) is 49.3 Å². The minimum absolute atomic E-state index is 0.0655. The lowest BCUT2D eigenvalue weighted by Crippen LogP contribution is -2.09. The van der Waals surface area contributed by atoms with E-state index in [2.05, 4.69) is 5.32 Å². The van der Waals surface area contributed by atoms with Crippen molar-refractivity contribution in [3.63, 3.8) is 0 Å². The number of thiophene rings is 1. The molecule has 0 radical (unpaired) electrons. The molecular formula is C13H11ClFNO2S. The average molecular weight is 300 g/mol. The second-order valence-electron chi connectivity index (χ2n) is 3.88. The van der Waals surface area contributed by atoms with E-state index < -0.39 is 11.8 Å². The molecule has 100 valence electrons. The van der Waals surface area contributed by atoms with Crippen LogP contribution in [0.5, 0.6) is 0 Å². The third kappa shape index (κ3) is 3.68. The van der Waals surface area contributed by atoms with Crippen molar-refractivity contribution >= 4 is 34.6 Å². The smallest absolute Gasteiger partial charge is 0.337 e. The zero-order valence-corrected chi connectivity index (χ0v) is 11.4. The van der Waals surface area contributed by atoms with Gasteiger partial charge in [-0.25, -0.2) is 9.18 Å². The summed E-state index contributed by atoms with van der Waals surface area (Å²) in [6.45, 7) is 0.558. The van der Waals surface area contributed by atoms with Crippen molar-refractivity contribution in [2.24, 2.45) is 0 Å². The molecule has 0 atom stereocenters. The summed E-state index contributed by atoms with van der Waals surface area (Å²) < 4.78 is 13.7. The molecule has 0 spiro atoms. The molecule has 0 bridgehead atoms. The summed E-state index contributed by atoms with van der Waals surface area (Å²) >= 11 is 7.30. The van der Waals surface area contributed by atoms with Gasteiger partial charge in [-0.2, -0.15) is 0 Å². The van der Waals surface area contributed by atoms with E-state index in [-0.39, 0.29) is 5.56 Å². The second-order valence-corrected chi connectivity index (χ2v) is 5.68. The van der Waals surface area contributed by atoms with Gasteiger partial charge in [-0.05, 0) is 36.8 Å². The Morgan fingerprint density at radius 3 is 2.79 bits per heavy atom. The Morgan fingerprint density at radius 1 is 1.37 bits per heavy atom. The summed E-state index contributed by atoms with van der Waals surface area (Å²) in [4.78, 5) is 12.1. The zero-order chi connectivity index (χ0) is 13.8. The van der Waals surface area contributed by atoms with Crippen molar-refractivity contribution in [1.29, 1.82) is 0 Å². The maximum atomic E-state index is 13.0. The maximum Gasteiger partial charge on any atom is 0.337 e. The van der Waals surface area contributed by atoms with Crippen LogP contribution in [0.15, 0.2) is 30.3 Å². The number of aromatic carboxylic acids is 1. The summed E-state index contributed by atoms with van der Waals surface area (Å²) in [5.41, 5.74) is 0.348. The summed E-state index contributed by atoms with van der Waals surface area (Å²) in [5.74, 6) is -1.71. The molecule has 3 nitrogen and oxygen atoms in total. The average Bonchev–Trinajstić information content (AvgIpc) is 2.77. The van der Waals surface area contributed by atoms with Crippen LogP contribution in [0.2, 0.25) is 4.34 Å². The monoisotopic (exact) mass is 299 g/mol. The van der Waals surface area contributed by atoms with E-state index >= 15 is 0 Å². The number of hydrogen-bond donors (Lipinski definition) is 2. The molecule has 0 aliphatic carbocycles. The molecule has 2 rings (SSSR count). The first-order chi connectivity index (χ1) is 9.06. The van der Waals surface area contributed by atoms with Gasteiger partial charge in [0.2, 0.25) is 0 Å². The van der Waals surface area contributed by atoms with Gasteiger partial charge in [-0.1, -0.05) is 11.6 Å². The van der Waals surface area contributed by atoms with E-state index in [1.54, 1.807) is 0 Å². The molecular weight excluding hydrogens is 289 g/mol. The lowest BCUT2D eigenvalue weighted by molar-refractivity contribution is 0.0697. The third-order valence-corrected chi connectivity index (χ3v) is 3.82. The lowest BCUT2D eigenvalue weighted by atomic mass is 10.1. The van der Waals surface area contributed by atoms with Crippen LogP contribution in [0.4, 0.5) is 10.1 Å². The molecule has 1 aromatic carbocycles. The highest BCUT2D eigenvalue weighted by Crippen LogP contribution is 2.22. The number of carbonyl (C=O) groups is 1. The largest absolute Gasteiger partial charge is 0.478 e. The Labute approximate surface area is 118 Å². The summed E-state index contributed by atoms with van der Waals surface area (Å²) in [5, 5.41) is 12.0. The van der Waals surface area contributed by atoms with E-state index in [0.717, 1.165) is 21.7 Å². The van der Waals surface area contributed by atoms with Crippen LogP contribution in [0, 0.1) is 5.82 Å². The number of hydrogen-bond acceptors (Lipinski definition) is 3. The van der Waals surface area contributed by atoms with Gasteiger partial charge in [0.25, 0.3) is 0 Å². The molecule has 1 aromatic heterocycles. The maximum absolute atomic E-state index is 13.0. The Morgan fingerprint density at radius 2 is 2.16 bits per heavy atom. The highest BCUT2D eigenvalue weighted by Gasteiger charge is 2.10. The Bertz CT molecular complexity index is 600. The van der Waals surface area contributed by atoms with Crippen LogP contribution in [0.25, 0.3) is 0 Å². The van der Waals surface area contributed by atoms with Crippen molar-refractivity contribution in [3.05, 3.63) is 50.9 Å². The van der Waals surface area contributed by atoms with E-state index in [1.165, 1.54) is 23.5 Å². The Kier molecular flexibility index (Phi) is 4.39. The molecule has 0 saturated carbocycles. The number of carboxylic acids is 1. The predicted molar refractivity (Wildman–Crippen MR) is 74.9 cm³/mol. The minimum atomic E-state index is -1.15. The van der Waals surface area contributed by atoms with Crippen molar-refractivity contribution in [2.75, 3.05) is 11.9 Å². The van der Waals surface area contributed by atoms with Crippen LogP contribution >= 0.6 is 22.9 Å². The summed E-state index contributed by atoms with van der Waals surface area (Å²) in [7, 11) is 0. The molecule has 0 amide bonds. The van der Waals surface area contributed by atoms with Crippen LogP contribution in [-0.2, 0) is 6.42 Å². The van der Waals surface area contributed by atoms with Crippen molar-refractivity contribution in [2.45, 2.75) is 6.42 Å². The molecule has 0 saturated heterocycles. The van der Waals surface area contributed by atoms with Gasteiger partial charge in [0, 0.05) is 17.1 Å². The number of nitrogens with one attached hydrogen (secondary N) is 1. The van der Waals surface area contributed by atoms with Crippen molar-refractivity contribution < 1.29 is 14.3 Å². The van der Waals surface area contributed by atoms with Gasteiger partial charge in [-0.3, -0.25) is 0 Å². The van der Waals surface area contributed by atoms with Crippen LogP contribution in [-0.4, -0.2) is 17.6 Å². The highest BCUT2D eigenvalue weighted by molar-refractivity contribution is 7.16. The number of benzene rings is 1. The van der Waals surface area contributed by atoms with E-state index in [0.29, 0.717) is 12.2 Å². The first kappa shape index (κ1) is 13.8. The molecule has 19 heavy (non-hydrogen) atoms. The molecule has 0 unspecified atom stereocenters. The molecule has 2 N–H and O–H groups in total. The van der Waals surface area contributed by atoms with E-state index in [4.69, 9.17) is 16.7 Å². The fourth-order valence-corrected chi connectivity index (χ4v) is 2.74. The van der Waals surface area contributed by atoms with Crippen molar-refractivity contribution in [3.8, 4) is 0 Å². The van der Waals surface area contributed by atoms with Crippen LogP contribution in [0.3, 0.4) is 0 Å². The van der Waals surface area contributed by atoms with Gasteiger partial charge < -0.3 is 10.4 Å². The predicted octanol–water partition coefficient (Wildman–Crippen LogP) is 3.89. The fraction of sp³-hybridized carbons (Fsp3) is 0.154. The molecule has 1 heterocycles. The lowest BCUT2D eigenvalue weighted by Gasteiger charge is -2.09. The second kappa shape index (κ2) is 6.04. The zero-order valence-electron chi connectivity index (χ0n) is 9.82. The highest BCUT2D eigenvalue weighted by atomic mass is 35.5. The Hall–Kier alpha value is -1.59. The standard InChI is InChI=1S/C13H11ClFNO2S/c14-12-4-2-9(19-12)5-6-16-11-3-1-8(15)7-10(11)13(17)18/h1-4,7,16H,5-6H2,(H,17,18). The van der Waals surface area contributed by atoms with E-state index in [9.17, 15) is 9.18 Å². The number of rotatable bonds is 5. The molecule has 0 fully saturated rings. The molecule has 0 aliphatic heterocycles. The SMILES string of the molecule is O=C(O)c1cc(F)ccc1NCCc1ccc(Cl)s1. The first-order valence-electron chi connectivity index (χ1n) is 5.57. The number of carboxylic acid groups (broad SMARTS) is 1. The minimum Gasteiger partial charge on any atom is -0.478 e. The van der Waals surface area contributed by atoms with Gasteiger partial charge in [0.05, 0.1) is 9.90 Å². The summed E-state index contributed by atoms with van der Waals surface area (Å²) in [6, 6.07) is 7.42. The molecule has 2 aromatic rings. The van der Waals surface area contributed by atoms with Gasteiger partial charge in [0.15, 0.2) is 0 Å². The van der Waals surface area contributed by atoms with Gasteiger partial charge in [0.1, 0.15) is 5.82 Å². The van der Waals surface area contributed by atoms with Crippen LogP contribution in [0.1, 0.15) is 15.2 Å². The van der Waals surface area contributed by atoms with E-state index in [1.807, 2.05) is 12.1 Å². The summed E-state index contributed by atoms with van der Waals surface area (Å²) in [6.07, 6.45) is 0.730. The molecule has 6 heteroatoms.